The smallest absolute Gasteiger partial charge is 0.164 e. The van der Waals surface area contributed by atoms with Crippen molar-refractivity contribution in [3.63, 3.8) is 0 Å². The lowest BCUT2D eigenvalue weighted by Crippen LogP contribution is -2.00. The average molecular weight is 605 g/mol. The highest BCUT2D eigenvalue weighted by atomic mass is 32.1. The molecule has 0 fully saturated rings. The van der Waals surface area contributed by atoms with Crippen molar-refractivity contribution < 1.29 is 0 Å². The summed E-state index contributed by atoms with van der Waals surface area (Å²) in [6, 6.07) is 51.3. The van der Waals surface area contributed by atoms with Crippen LogP contribution in [0.3, 0.4) is 0 Å². The minimum absolute atomic E-state index is 0.652. The highest BCUT2D eigenvalue weighted by Gasteiger charge is 2.21. The van der Waals surface area contributed by atoms with E-state index in [2.05, 4.69) is 89.5 Å². The van der Waals surface area contributed by atoms with E-state index in [9.17, 15) is 0 Å². The van der Waals surface area contributed by atoms with Crippen LogP contribution in [-0.2, 0) is 0 Å². The van der Waals surface area contributed by atoms with Gasteiger partial charge in [-0.15, -0.1) is 11.3 Å². The molecule has 0 amide bonds. The van der Waals surface area contributed by atoms with Crippen LogP contribution in [0.25, 0.3) is 92.6 Å². The van der Waals surface area contributed by atoms with Gasteiger partial charge in [-0.3, -0.25) is 0 Å². The fraction of sp³-hybridized carbons (Fsp3) is 0. The van der Waals surface area contributed by atoms with Crippen molar-refractivity contribution >= 4 is 64.1 Å². The predicted molar refractivity (Wildman–Crippen MR) is 192 cm³/mol. The number of nitrogens with zero attached hydrogens (tertiary/aromatic N) is 4. The minimum Gasteiger partial charge on any atom is -0.309 e. The molecule has 0 aliphatic heterocycles. The van der Waals surface area contributed by atoms with Crippen LogP contribution in [0, 0.1) is 0 Å². The van der Waals surface area contributed by atoms with Gasteiger partial charge in [0.2, 0.25) is 0 Å². The fourth-order valence-electron chi connectivity index (χ4n) is 6.94. The summed E-state index contributed by atoms with van der Waals surface area (Å²) in [6.07, 6.45) is 0. The number of hydrogen-bond donors (Lipinski definition) is 0. The second kappa shape index (κ2) is 9.80. The normalized spacial score (nSPS) is 11.9. The Bertz CT molecular complexity index is 2570. The van der Waals surface area contributed by atoms with Crippen molar-refractivity contribution in [2.24, 2.45) is 0 Å². The van der Waals surface area contributed by atoms with Crippen molar-refractivity contribution in [3.8, 4) is 39.9 Å². The first-order valence-corrected chi connectivity index (χ1v) is 16.2. The van der Waals surface area contributed by atoms with Crippen LogP contribution in [-0.4, -0.2) is 19.5 Å². The molecule has 10 aromatic rings. The second-order valence-electron chi connectivity index (χ2n) is 11.7. The van der Waals surface area contributed by atoms with Gasteiger partial charge in [-0.25, -0.2) is 15.0 Å². The Morgan fingerprint density at radius 1 is 0.370 bits per heavy atom. The molecule has 4 nitrogen and oxygen atoms in total. The molecule has 0 atom stereocenters. The Labute approximate surface area is 268 Å². The monoisotopic (exact) mass is 604 g/mol. The van der Waals surface area contributed by atoms with Crippen molar-refractivity contribution in [1.29, 1.82) is 0 Å². The molecule has 0 unspecified atom stereocenters. The van der Waals surface area contributed by atoms with Crippen LogP contribution in [0.4, 0.5) is 0 Å². The molecule has 0 spiro atoms. The molecule has 0 radical (unpaired) electrons. The molecule has 0 N–H and O–H groups in total. The summed E-state index contributed by atoms with van der Waals surface area (Å²) in [7, 11) is 0. The van der Waals surface area contributed by atoms with Crippen molar-refractivity contribution in [1.82, 2.24) is 19.5 Å². The molecule has 46 heavy (non-hydrogen) atoms. The van der Waals surface area contributed by atoms with E-state index in [0.29, 0.717) is 17.5 Å². The molecule has 0 saturated carbocycles. The van der Waals surface area contributed by atoms with Gasteiger partial charge in [0.25, 0.3) is 0 Å². The van der Waals surface area contributed by atoms with Crippen LogP contribution in [0.15, 0.2) is 146 Å². The molecule has 0 aliphatic rings. The van der Waals surface area contributed by atoms with Crippen molar-refractivity contribution in [2.45, 2.75) is 0 Å². The van der Waals surface area contributed by atoms with Gasteiger partial charge in [0.1, 0.15) is 0 Å². The molecular formula is C41H24N4S. The maximum atomic E-state index is 4.94. The Morgan fingerprint density at radius 2 is 0.826 bits per heavy atom. The van der Waals surface area contributed by atoms with E-state index in [1.54, 1.807) is 0 Å². The van der Waals surface area contributed by atoms with Gasteiger partial charge in [0.05, 0.1) is 11.0 Å². The second-order valence-corrected chi connectivity index (χ2v) is 12.7. The molecule has 0 saturated heterocycles. The van der Waals surface area contributed by atoms with Crippen LogP contribution in [0.5, 0.6) is 0 Å². The zero-order valence-electron chi connectivity index (χ0n) is 24.6. The van der Waals surface area contributed by atoms with E-state index in [-0.39, 0.29) is 0 Å². The number of benzene rings is 7. The molecule has 3 heterocycles. The maximum absolute atomic E-state index is 4.94. The van der Waals surface area contributed by atoms with E-state index >= 15 is 0 Å². The summed E-state index contributed by atoms with van der Waals surface area (Å²) < 4.78 is 5.02. The van der Waals surface area contributed by atoms with Gasteiger partial charge in [0, 0.05) is 53.3 Å². The van der Waals surface area contributed by atoms with Crippen LogP contribution >= 0.6 is 11.3 Å². The number of aromatic nitrogens is 4. The van der Waals surface area contributed by atoms with E-state index in [1.165, 1.54) is 52.8 Å². The third-order valence-electron chi connectivity index (χ3n) is 9.01. The highest BCUT2D eigenvalue weighted by Crippen LogP contribution is 2.46. The third kappa shape index (κ3) is 3.76. The first-order valence-electron chi connectivity index (χ1n) is 15.4. The first-order chi connectivity index (χ1) is 22.8. The summed E-state index contributed by atoms with van der Waals surface area (Å²) in [5.41, 5.74) is 6.40. The molecule has 214 valence electrons. The van der Waals surface area contributed by atoms with Gasteiger partial charge in [0.15, 0.2) is 17.5 Å². The molecular weight excluding hydrogens is 581 g/mol. The molecule has 0 bridgehead atoms. The summed E-state index contributed by atoms with van der Waals surface area (Å²) in [5, 5.41) is 7.87. The van der Waals surface area contributed by atoms with Gasteiger partial charge < -0.3 is 4.57 Å². The quantitative estimate of drug-likeness (QED) is 0.201. The Morgan fingerprint density at radius 3 is 1.30 bits per heavy atom. The van der Waals surface area contributed by atoms with Crippen molar-refractivity contribution in [2.75, 3.05) is 0 Å². The average Bonchev–Trinajstić information content (AvgIpc) is 3.38. The molecule has 3 aromatic heterocycles. The minimum atomic E-state index is 0.652. The zero-order chi connectivity index (χ0) is 30.2. The summed E-state index contributed by atoms with van der Waals surface area (Å²) in [6.45, 7) is 0. The third-order valence-corrected chi connectivity index (χ3v) is 10.1. The van der Waals surface area contributed by atoms with Crippen LogP contribution in [0.1, 0.15) is 0 Å². The summed E-state index contributed by atoms with van der Waals surface area (Å²) in [4.78, 5) is 14.7. The van der Waals surface area contributed by atoms with Gasteiger partial charge in [-0.2, -0.15) is 0 Å². The maximum Gasteiger partial charge on any atom is 0.164 e. The van der Waals surface area contributed by atoms with Crippen LogP contribution in [0.2, 0.25) is 0 Å². The number of hydrogen-bond acceptors (Lipinski definition) is 4. The molecule has 10 rings (SSSR count). The highest BCUT2D eigenvalue weighted by molar-refractivity contribution is 7.24. The van der Waals surface area contributed by atoms with Crippen LogP contribution < -0.4 is 0 Å². The van der Waals surface area contributed by atoms with E-state index < -0.39 is 0 Å². The lowest BCUT2D eigenvalue weighted by molar-refractivity contribution is 1.07. The summed E-state index contributed by atoms with van der Waals surface area (Å²) in [5.74, 6) is 1.97. The Kier molecular flexibility index (Phi) is 5.41. The molecule has 0 aliphatic carbocycles. The lowest BCUT2D eigenvalue weighted by atomic mass is 10.00. The molecule has 5 heteroatoms. The fourth-order valence-corrected chi connectivity index (χ4v) is 8.12. The van der Waals surface area contributed by atoms with E-state index in [1.807, 2.05) is 72.0 Å². The number of rotatable bonds is 4. The van der Waals surface area contributed by atoms with E-state index in [4.69, 9.17) is 15.0 Å². The first kappa shape index (κ1) is 25.4. The lowest BCUT2D eigenvalue weighted by Gasteiger charge is -2.11. The van der Waals surface area contributed by atoms with E-state index in [0.717, 1.165) is 22.4 Å². The largest absolute Gasteiger partial charge is 0.309 e. The Balaban J connectivity index is 1.19. The topological polar surface area (TPSA) is 43.6 Å². The standard InChI is InChI=1S/C41H24N4S/c1-3-9-27(10-4-1)39-42-40(28-11-5-2-6-12-28)44-41(43-39)29-17-21-30(22-18-29)45-31-23-19-25-13-7-15-33-35(25)37(31)38-32(45)24-20-26-14-8-16-34(46-33)36(26)38/h1-24H. The van der Waals surface area contributed by atoms with Gasteiger partial charge in [-0.1, -0.05) is 97.1 Å². The van der Waals surface area contributed by atoms with Crippen molar-refractivity contribution in [3.05, 3.63) is 146 Å². The summed E-state index contributed by atoms with van der Waals surface area (Å²) >= 11 is 1.88. The SMILES string of the molecule is c1ccc(-c2nc(-c3ccccc3)nc(-c3ccc(-n4c5ccc6cccc7sc8cccc9ccc4c(c98)c5c67)cc3)n2)cc1. The zero-order valence-corrected chi connectivity index (χ0v) is 25.4. The van der Waals surface area contributed by atoms with Gasteiger partial charge in [-0.05, 0) is 59.3 Å². The predicted octanol–water partition coefficient (Wildman–Crippen LogP) is 10.9. The van der Waals surface area contributed by atoms with Gasteiger partial charge >= 0.3 is 0 Å². The molecule has 7 aromatic carbocycles. The Hall–Kier alpha value is -5.91.